The highest BCUT2D eigenvalue weighted by Gasteiger charge is 2.36. The van der Waals surface area contributed by atoms with Crippen molar-refractivity contribution in [2.45, 2.75) is 37.8 Å². The lowest BCUT2D eigenvalue weighted by molar-refractivity contribution is -0.141. The summed E-state index contributed by atoms with van der Waals surface area (Å²) in [6, 6.07) is 0.0794. The zero-order chi connectivity index (χ0) is 11.5. The van der Waals surface area contributed by atoms with Crippen molar-refractivity contribution in [3.63, 3.8) is 0 Å². The summed E-state index contributed by atoms with van der Waals surface area (Å²) in [7, 11) is 1.49. The van der Waals surface area contributed by atoms with Gasteiger partial charge in [0.05, 0.1) is 0 Å². The van der Waals surface area contributed by atoms with Gasteiger partial charge in [-0.25, -0.2) is 0 Å². The van der Waals surface area contributed by atoms with E-state index in [-0.39, 0.29) is 24.5 Å². The van der Waals surface area contributed by atoms with Crippen LogP contribution in [-0.2, 0) is 14.3 Å². The minimum Gasteiger partial charge on any atom is -0.375 e. The van der Waals surface area contributed by atoms with Gasteiger partial charge in [0.15, 0.2) is 0 Å². The SMILES string of the molecule is COCC(=O)N1CCCC1C(=O)NC1CC1. The van der Waals surface area contributed by atoms with E-state index in [4.69, 9.17) is 4.74 Å². The largest absolute Gasteiger partial charge is 0.375 e. The zero-order valence-corrected chi connectivity index (χ0v) is 9.57. The third kappa shape index (κ3) is 2.52. The second-order valence-corrected chi connectivity index (χ2v) is 4.46. The van der Waals surface area contributed by atoms with E-state index in [0.29, 0.717) is 12.6 Å². The summed E-state index contributed by atoms with van der Waals surface area (Å²) in [5.74, 6) is -0.0830. The van der Waals surface area contributed by atoms with Crippen molar-refractivity contribution >= 4 is 11.8 Å². The summed E-state index contributed by atoms with van der Waals surface area (Å²) in [4.78, 5) is 25.2. The Kier molecular flexibility index (Phi) is 3.43. The van der Waals surface area contributed by atoms with E-state index in [0.717, 1.165) is 25.7 Å². The average molecular weight is 226 g/mol. The Bertz CT molecular complexity index is 289. The maximum atomic E-state index is 11.9. The van der Waals surface area contributed by atoms with Crippen molar-refractivity contribution in [2.24, 2.45) is 0 Å². The van der Waals surface area contributed by atoms with Gasteiger partial charge in [0.1, 0.15) is 12.6 Å². The molecule has 5 heteroatoms. The van der Waals surface area contributed by atoms with Gasteiger partial charge in [0.25, 0.3) is 0 Å². The number of ether oxygens (including phenoxy) is 1. The molecule has 90 valence electrons. The zero-order valence-electron chi connectivity index (χ0n) is 9.57. The van der Waals surface area contributed by atoms with Crippen LogP contribution in [0.3, 0.4) is 0 Å². The smallest absolute Gasteiger partial charge is 0.249 e. The molecule has 0 radical (unpaired) electrons. The van der Waals surface area contributed by atoms with Crippen LogP contribution < -0.4 is 5.32 Å². The van der Waals surface area contributed by atoms with E-state index in [2.05, 4.69) is 5.32 Å². The molecule has 0 spiro atoms. The average Bonchev–Trinajstić information content (AvgIpc) is 2.93. The normalized spacial score (nSPS) is 24.6. The summed E-state index contributed by atoms with van der Waals surface area (Å²) in [5, 5.41) is 2.95. The van der Waals surface area contributed by atoms with Gasteiger partial charge in [-0.2, -0.15) is 0 Å². The molecule has 2 aliphatic rings. The van der Waals surface area contributed by atoms with Gasteiger partial charge in [-0.1, -0.05) is 0 Å². The molecule has 1 atom stereocenters. The fourth-order valence-electron chi connectivity index (χ4n) is 2.07. The summed E-state index contributed by atoms with van der Waals surface area (Å²) < 4.78 is 4.81. The predicted octanol–water partition coefficient (Wildman–Crippen LogP) is -0.0976. The summed E-state index contributed by atoms with van der Waals surface area (Å²) in [5.41, 5.74) is 0. The Morgan fingerprint density at radius 2 is 2.12 bits per heavy atom. The predicted molar refractivity (Wildman–Crippen MR) is 57.8 cm³/mol. The van der Waals surface area contributed by atoms with Gasteiger partial charge in [-0.3, -0.25) is 9.59 Å². The van der Waals surface area contributed by atoms with Gasteiger partial charge in [-0.05, 0) is 25.7 Å². The lowest BCUT2D eigenvalue weighted by atomic mass is 10.2. The van der Waals surface area contributed by atoms with E-state index in [1.54, 1.807) is 4.90 Å². The van der Waals surface area contributed by atoms with Crippen LogP contribution in [0.15, 0.2) is 0 Å². The van der Waals surface area contributed by atoms with E-state index in [1.807, 2.05) is 0 Å². The monoisotopic (exact) mass is 226 g/mol. The molecule has 2 rings (SSSR count). The van der Waals surface area contributed by atoms with Gasteiger partial charge in [0, 0.05) is 19.7 Å². The summed E-state index contributed by atoms with van der Waals surface area (Å²) in [6.07, 6.45) is 3.82. The molecular weight excluding hydrogens is 208 g/mol. The minimum absolute atomic E-state index is 0.00412. The molecule has 0 aromatic carbocycles. The number of likely N-dealkylation sites (tertiary alicyclic amines) is 1. The van der Waals surface area contributed by atoms with Crippen LogP contribution in [0, 0.1) is 0 Å². The molecule has 1 unspecified atom stereocenters. The van der Waals surface area contributed by atoms with Crippen LogP contribution in [0.2, 0.25) is 0 Å². The molecule has 0 aromatic heterocycles. The first-order valence-corrected chi connectivity index (χ1v) is 5.81. The third-order valence-corrected chi connectivity index (χ3v) is 3.07. The number of nitrogens with one attached hydrogen (secondary N) is 1. The minimum atomic E-state index is -0.275. The van der Waals surface area contributed by atoms with Crippen molar-refractivity contribution < 1.29 is 14.3 Å². The standard InChI is InChI=1S/C11H18N2O3/c1-16-7-10(14)13-6-2-3-9(13)11(15)12-8-4-5-8/h8-9H,2-7H2,1H3,(H,12,15). The number of hydrogen-bond donors (Lipinski definition) is 1. The van der Waals surface area contributed by atoms with E-state index < -0.39 is 0 Å². The lowest BCUT2D eigenvalue weighted by Crippen LogP contribution is -2.47. The quantitative estimate of drug-likeness (QED) is 0.728. The number of carbonyl (C=O) groups is 2. The number of hydrogen-bond acceptors (Lipinski definition) is 3. The first kappa shape index (κ1) is 11.4. The molecule has 1 aliphatic carbocycles. The highest BCUT2D eigenvalue weighted by molar-refractivity contribution is 5.88. The molecule has 2 amide bonds. The van der Waals surface area contributed by atoms with Crippen LogP contribution in [0.5, 0.6) is 0 Å². The van der Waals surface area contributed by atoms with Crippen LogP contribution in [0.25, 0.3) is 0 Å². The molecule has 0 bridgehead atoms. The molecule has 1 saturated carbocycles. The molecule has 1 saturated heterocycles. The second kappa shape index (κ2) is 4.82. The molecule has 1 aliphatic heterocycles. The van der Waals surface area contributed by atoms with Gasteiger partial charge < -0.3 is 15.0 Å². The Morgan fingerprint density at radius 1 is 1.38 bits per heavy atom. The van der Waals surface area contributed by atoms with Crippen molar-refractivity contribution in [3.8, 4) is 0 Å². The number of nitrogens with zero attached hydrogens (tertiary/aromatic N) is 1. The maximum Gasteiger partial charge on any atom is 0.249 e. The fraction of sp³-hybridized carbons (Fsp3) is 0.818. The van der Waals surface area contributed by atoms with E-state index >= 15 is 0 Å². The molecule has 5 nitrogen and oxygen atoms in total. The van der Waals surface area contributed by atoms with Gasteiger partial charge in [0.2, 0.25) is 11.8 Å². The van der Waals surface area contributed by atoms with Crippen molar-refractivity contribution in [2.75, 3.05) is 20.3 Å². The molecular formula is C11H18N2O3. The highest BCUT2D eigenvalue weighted by atomic mass is 16.5. The van der Waals surface area contributed by atoms with Crippen molar-refractivity contribution in [1.82, 2.24) is 10.2 Å². The maximum absolute atomic E-state index is 11.9. The number of methoxy groups -OCH3 is 1. The van der Waals surface area contributed by atoms with Crippen LogP contribution in [0.4, 0.5) is 0 Å². The lowest BCUT2D eigenvalue weighted by Gasteiger charge is -2.23. The number of rotatable bonds is 4. The Balaban J connectivity index is 1.90. The topological polar surface area (TPSA) is 58.6 Å². The first-order chi connectivity index (χ1) is 7.72. The Labute approximate surface area is 95.1 Å². The van der Waals surface area contributed by atoms with Crippen LogP contribution in [-0.4, -0.2) is 49.1 Å². The second-order valence-electron chi connectivity index (χ2n) is 4.46. The molecule has 1 heterocycles. The van der Waals surface area contributed by atoms with Gasteiger partial charge in [-0.15, -0.1) is 0 Å². The van der Waals surface area contributed by atoms with Crippen molar-refractivity contribution in [1.29, 1.82) is 0 Å². The molecule has 0 aromatic rings. The number of carbonyl (C=O) groups excluding carboxylic acids is 2. The van der Waals surface area contributed by atoms with E-state index in [1.165, 1.54) is 7.11 Å². The van der Waals surface area contributed by atoms with Crippen molar-refractivity contribution in [3.05, 3.63) is 0 Å². The summed E-state index contributed by atoms with van der Waals surface area (Å²) in [6.45, 7) is 0.734. The third-order valence-electron chi connectivity index (χ3n) is 3.07. The highest BCUT2D eigenvalue weighted by Crippen LogP contribution is 2.22. The summed E-state index contributed by atoms with van der Waals surface area (Å²) >= 11 is 0. The molecule has 2 fully saturated rings. The van der Waals surface area contributed by atoms with Crippen LogP contribution >= 0.6 is 0 Å². The Hall–Kier alpha value is -1.10. The number of amides is 2. The van der Waals surface area contributed by atoms with Crippen LogP contribution in [0.1, 0.15) is 25.7 Å². The van der Waals surface area contributed by atoms with Gasteiger partial charge >= 0.3 is 0 Å². The van der Waals surface area contributed by atoms with E-state index in [9.17, 15) is 9.59 Å². The Morgan fingerprint density at radius 3 is 2.75 bits per heavy atom. The molecule has 16 heavy (non-hydrogen) atoms. The fourth-order valence-corrected chi connectivity index (χ4v) is 2.07. The first-order valence-electron chi connectivity index (χ1n) is 5.81. The molecule has 1 N–H and O–H groups in total.